The second kappa shape index (κ2) is 11.2. The zero-order valence-corrected chi connectivity index (χ0v) is 22.2. The smallest absolute Gasteiger partial charge is 0.342 e. The molecule has 0 aliphatic carbocycles. The quantitative estimate of drug-likeness (QED) is 0.267. The number of hydrogen-bond acceptors (Lipinski definition) is 10. The summed E-state index contributed by atoms with van der Waals surface area (Å²) in [5.74, 6) is 0.659. The zero-order valence-electron chi connectivity index (χ0n) is 21.3. The highest BCUT2D eigenvalue weighted by atomic mass is 31.2. The van der Waals surface area contributed by atoms with Crippen LogP contribution in [0.1, 0.15) is 34.6 Å². The van der Waals surface area contributed by atoms with Crippen molar-refractivity contribution in [2.45, 2.75) is 58.9 Å². The van der Waals surface area contributed by atoms with E-state index in [1.807, 2.05) is 6.92 Å². The Morgan fingerprint density at radius 2 is 1.81 bits per heavy atom. The number of carbonyl (C=O) groups excluding carboxylic acids is 1. The lowest BCUT2D eigenvalue weighted by Gasteiger charge is -2.31. The third kappa shape index (κ3) is 6.93. The summed E-state index contributed by atoms with van der Waals surface area (Å²) >= 11 is 0. The van der Waals surface area contributed by atoms with Gasteiger partial charge in [0, 0.05) is 0 Å². The van der Waals surface area contributed by atoms with E-state index in [2.05, 4.69) is 20.0 Å². The largest absolute Gasteiger partial charge is 0.497 e. The van der Waals surface area contributed by atoms with Crippen LogP contribution in [0.15, 0.2) is 36.9 Å². The van der Waals surface area contributed by atoms with Crippen molar-refractivity contribution < 1.29 is 28.1 Å². The Hall–Kier alpha value is -3.21. The first-order valence-corrected chi connectivity index (χ1v) is 13.2. The van der Waals surface area contributed by atoms with Crippen molar-refractivity contribution in [2.24, 2.45) is 0 Å². The Morgan fingerprint density at radius 3 is 2.44 bits per heavy atom. The zero-order chi connectivity index (χ0) is 26.5. The van der Waals surface area contributed by atoms with Crippen molar-refractivity contribution >= 4 is 30.5 Å². The highest BCUT2D eigenvalue weighted by Gasteiger charge is 2.40. The van der Waals surface area contributed by atoms with E-state index < -0.39 is 25.1 Å². The average Bonchev–Trinajstić information content (AvgIpc) is 3.21. The molecule has 0 aliphatic heterocycles. The van der Waals surface area contributed by atoms with Gasteiger partial charge in [0.2, 0.25) is 0 Å². The lowest BCUT2D eigenvalue weighted by atomic mass is 10.1. The van der Waals surface area contributed by atoms with Crippen LogP contribution in [0.5, 0.6) is 11.5 Å². The molecule has 0 saturated carbocycles. The van der Waals surface area contributed by atoms with Gasteiger partial charge >= 0.3 is 13.5 Å². The van der Waals surface area contributed by atoms with Crippen LogP contribution in [0.2, 0.25) is 0 Å². The van der Waals surface area contributed by atoms with Crippen LogP contribution in [-0.4, -0.2) is 56.7 Å². The molecule has 3 rings (SSSR count). The number of anilines is 1. The molecule has 0 fully saturated rings. The molecule has 2 heterocycles. The molecule has 2 aromatic heterocycles. The molecule has 3 N–H and O–H groups in total. The van der Waals surface area contributed by atoms with Gasteiger partial charge in [-0.1, -0.05) is 0 Å². The Balaban J connectivity index is 1.76. The monoisotopic (exact) mass is 520 g/mol. The van der Waals surface area contributed by atoms with Crippen LogP contribution in [0, 0.1) is 0 Å². The van der Waals surface area contributed by atoms with Crippen molar-refractivity contribution in [3.05, 3.63) is 36.9 Å². The van der Waals surface area contributed by atoms with Crippen LogP contribution in [0.25, 0.3) is 11.2 Å². The molecule has 1 aromatic carbocycles. The molecule has 0 spiro atoms. The van der Waals surface area contributed by atoms with Crippen LogP contribution in [0.3, 0.4) is 0 Å². The van der Waals surface area contributed by atoms with E-state index in [1.54, 1.807) is 70.0 Å². The fourth-order valence-corrected chi connectivity index (χ4v) is 5.33. The number of benzene rings is 1. The number of aromatic nitrogens is 4. The van der Waals surface area contributed by atoms with Crippen molar-refractivity contribution in [1.29, 1.82) is 0 Å². The second-order valence-electron chi connectivity index (χ2n) is 9.07. The molecule has 13 heteroatoms. The van der Waals surface area contributed by atoms with E-state index >= 15 is 0 Å². The third-order valence-electron chi connectivity index (χ3n) is 5.03. The summed E-state index contributed by atoms with van der Waals surface area (Å²) in [5, 5.41) is 2.85. The molecule has 196 valence electrons. The normalized spacial score (nSPS) is 14.4. The molecule has 2 atom stereocenters. The summed E-state index contributed by atoms with van der Waals surface area (Å²) in [4.78, 5) is 25.0. The number of nitrogen functional groups attached to an aromatic ring is 1. The maximum Gasteiger partial charge on any atom is 0.342 e. The number of rotatable bonds is 12. The lowest BCUT2D eigenvalue weighted by molar-refractivity contribution is -0.153. The van der Waals surface area contributed by atoms with E-state index in [-0.39, 0.29) is 18.3 Å². The van der Waals surface area contributed by atoms with Crippen LogP contribution in [-0.2, 0) is 25.4 Å². The van der Waals surface area contributed by atoms with Gasteiger partial charge in [-0.2, -0.15) is 0 Å². The summed E-state index contributed by atoms with van der Waals surface area (Å²) in [6.07, 6.45) is 1.88. The van der Waals surface area contributed by atoms with Gasteiger partial charge in [0.25, 0.3) is 0 Å². The first-order chi connectivity index (χ1) is 16.9. The summed E-state index contributed by atoms with van der Waals surface area (Å²) in [6.45, 7) is 8.80. The minimum atomic E-state index is -3.77. The fourth-order valence-electron chi connectivity index (χ4n) is 3.31. The van der Waals surface area contributed by atoms with Gasteiger partial charge < -0.3 is 29.0 Å². The van der Waals surface area contributed by atoms with Gasteiger partial charge in [0.1, 0.15) is 35.2 Å². The number of nitrogens with one attached hydrogen (secondary N) is 1. The van der Waals surface area contributed by atoms with Crippen LogP contribution < -0.4 is 20.1 Å². The van der Waals surface area contributed by atoms with Gasteiger partial charge in [-0.25, -0.2) is 20.0 Å². The number of ether oxygens (including phenoxy) is 3. The Bertz CT molecular complexity index is 1230. The highest BCUT2D eigenvalue weighted by molar-refractivity contribution is 7.57. The lowest BCUT2D eigenvalue weighted by Crippen LogP contribution is -2.48. The van der Waals surface area contributed by atoms with Gasteiger partial charge in [0.15, 0.2) is 11.5 Å². The Labute approximate surface area is 210 Å². The van der Waals surface area contributed by atoms with E-state index in [1.165, 1.54) is 6.33 Å². The minimum absolute atomic E-state index is 0.282. The molecule has 2 unspecified atom stereocenters. The van der Waals surface area contributed by atoms with E-state index in [9.17, 15) is 9.36 Å². The number of imidazole rings is 1. The average molecular weight is 521 g/mol. The number of methoxy groups -OCH3 is 1. The number of esters is 1. The maximum atomic E-state index is 14.0. The SMILES string of the molecule is COc1ccc(OP(=O)(COC(C)Cn2cnc3c(N)ncnc32)NC(C)(C)C(=O)OC(C)C)cc1. The minimum Gasteiger partial charge on any atom is -0.497 e. The van der Waals surface area contributed by atoms with Crippen LogP contribution in [0.4, 0.5) is 5.82 Å². The van der Waals surface area contributed by atoms with Crippen molar-refractivity contribution in [2.75, 3.05) is 19.2 Å². The number of fused-ring (bicyclic) bond motifs is 1. The third-order valence-corrected chi connectivity index (χ3v) is 6.92. The van der Waals surface area contributed by atoms with Gasteiger partial charge in [-0.15, -0.1) is 0 Å². The first kappa shape index (κ1) is 27.4. The number of nitrogens with two attached hydrogens (primary N) is 1. The van der Waals surface area contributed by atoms with E-state index in [4.69, 9.17) is 24.5 Å². The molecular formula is C23H33N6O6P. The van der Waals surface area contributed by atoms with Crippen LogP contribution >= 0.6 is 7.52 Å². The summed E-state index contributed by atoms with van der Waals surface area (Å²) in [5.41, 5.74) is 5.60. The van der Waals surface area contributed by atoms with Gasteiger partial charge in [0.05, 0.1) is 32.2 Å². The fraction of sp³-hybridized carbons (Fsp3) is 0.478. The molecule has 3 aromatic rings. The first-order valence-electron chi connectivity index (χ1n) is 11.4. The second-order valence-corrected chi connectivity index (χ2v) is 11.1. The summed E-state index contributed by atoms with van der Waals surface area (Å²) < 4.78 is 38.0. The van der Waals surface area contributed by atoms with E-state index in [0.29, 0.717) is 29.2 Å². The molecule has 0 amide bonds. The van der Waals surface area contributed by atoms with E-state index in [0.717, 1.165) is 0 Å². The van der Waals surface area contributed by atoms with Gasteiger partial charge in [-0.3, -0.25) is 9.36 Å². The molecule has 36 heavy (non-hydrogen) atoms. The topological polar surface area (TPSA) is 153 Å². The Morgan fingerprint density at radius 1 is 1.14 bits per heavy atom. The van der Waals surface area contributed by atoms with Crippen molar-refractivity contribution in [3.8, 4) is 11.5 Å². The molecule has 0 radical (unpaired) electrons. The molecule has 0 bridgehead atoms. The Kier molecular flexibility index (Phi) is 8.55. The number of hydrogen-bond donors (Lipinski definition) is 2. The van der Waals surface area contributed by atoms with Crippen molar-refractivity contribution in [1.82, 2.24) is 24.6 Å². The predicted octanol–water partition coefficient (Wildman–Crippen LogP) is 3.37. The molecule has 0 aliphatic rings. The highest BCUT2D eigenvalue weighted by Crippen LogP contribution is 2.46. The number of nitrogens with zero attached hydrogens (tertiary/aromatic N) is 4. The summed E-state index contributed by atoms with van der Waals surface area (Å²) in [6, 6.07) is 6.60. The molecular weight excluding hydrogens is 487 g/mol. The van der Waals surface area contributed by atoms with Crippen molar-refractivity contribution in [3.63, 3.8) is 0 Å². The standard InChI is InChI=1S/C23H33N6O6P/c1-15(2)34-22(30)23(4,5)28-36(31,35-18-9-7-17(32-6)8-10-18)14-33-16(3)11-29-13-27-19-20(24)25-12-26-21(19)29/h7-10,12-13,15-16H,11,14H2,1-6H3,(H,28,31)(H2,24,25,26). The molecule has 12 nitrogen and oxygen atoms in total. The predicted molar refractivity (Wildman–Crippen MR) is 135 cm³/mol. The summed E-state index contributed by atoms with van der Waals surface area (Å²) in [7, 11) is -2.22. The maximum absolute atomic E-state index is 14.0. The number of carbonyl (C=O) groups is 1. The van der Waals surface area contributed by atoms with Gasteiger partial charge in [-0.05, 0) is 58.9 Å². The molecule has 0 saturated heterocycles.